The molecular weight excluding hydrogens is 695 g/mol. The van der Waals surface area contributed by atoms with Crippen LogP contribution in [0.3, 0.4) is 0 Å². The molecule has 2 radical (unpaired) electrons. The van der Waals surface area contributed by atoms with Crippen LogP contribution in [0.2, 0.25) is 0 Å². The van der Waals surface area contributed by atoms with Crippen molar-refractivity contribution in [3.8, 4) is 68.2 Å². The van der Waals surface area contributed by atoms with Gasteiger partial charge in [0.2, 0.25) is 17.2 Å². The highest BCUT2D eigenvalue weighted by molar-refractivity contribution is 6.37. The summed E-state index contributed by atoms with van der Waals surface area (Å²) < 4.78 is 6.43. The third kappa shape index (κ3) is 5.42. The molecule has 0 aliphatic heterocycles. The number of hydrogen-bond donors (Lipinski definition) is 8. The zero-order valence-electron chi connectivity index (χ0n) is 29.1. The summed E-state index contributed by atoms with van der Waals surface area (Å²) in [7, 11) is 6.50. The lowest BCUT2D eigenvalue weighted by atomic mass is 9.82. The Morgan fingerprint density at radius 2 is 1.13 bits per heavy atom. The summed E-state index contributed by atoms with van der Waals surface area (Å²) in [5, 5.41) is 88.4. The van der Waals surface area contributed by atoms with E-state index >= 15 is 0 Å². The van der Waals surface area contributed by atoms with E-state index in [4.69, 9.17) is 12.3 Å². The van der Waals surface area contributed by atoms with Crippen molar-refractivity contribution >= 4 is 46.9 Å². The number of aryl methyl sites for hydroxylation is 1. The van der Waals surface area contributed by atoms with Gasteiger partial charge in [0.25, 0.3) is 0 Å². The van der Waals surface area contributed by atoms with E-state index in [1.165, 1.54) is 0 Å². The smallest absolute Gasteiger partial charge is 0.208 e. The molecule has 0 amide bonds. The second-order valence-corrected chi connectivity index (χ2v) is 13.1. The average Bonchev–Trinajstić information content (AvgIpc) is 3.60. The van der Waals surface area contributed by atoms with Gasteiger partial charge in [0.05, 0.1) is 5.56 Å². The highest BCUT2D eigenvalue weighted by atomic mass is 16.4. The number of fused-ring (bicyclic) bond motifs is 3. The van der Waals surface area contributed by atoms with Crippen LogP contribution in [0.25, 0.3) is 55.8 Å². The molecule has 0 atom stereocenters. The molecule has 0 unspecified atom stereocenters. The fourth-order valence-electron chi connectivity index (χ4n) is 7.26. The van der Waals surface area contributed by atoms with Gasteiger partial charge in [-0.2, -0.15) is 0 Å². The number of hydrogen-bond acceptors (Lipinski definition) is 9. The van der Waals surface area contributed by atoms with Crippen LogP contribution in [-0.4, -0.2) is 48.7 Å². The molecule has 0 saturated heterocycles. The molecule has 8 rings (SSSR count). The lowest BCUT2D eigenvalue weighted by molar-refractivity contribution is 0.330. The summed E-state index contributed by atoms with van der Waals surface area (Å²) >= 11 is 0. The second kappa shape index (κ2) is 13.2. The topological polar surface area (TPSA) is 175 Å². The Kier molecular flexibility index (Phi) is 8.31. The first kappa shape index (κ1) is 34.6. The first-order valence-corrected chi connectivity index (χ1v) is 17.1. The third-order valence-corrected chi connectivity index (χ3v) is 9.94. The van der Waals surface area contributed by atoms with Crippen molar-refractivity contribution in [1.82, 2.24) is 0 Å². The number of phenols is 8. The molecule has 55 heavy (non-hydrogen) atoms. The van der Waals surface area contributed by atoms with Gasteiger partial charge in [0, 0.05) is 21.9 Å². The number of furan rings is 1. The van der Waals surface area contributed by atoms with Gasteiger partial charge in [0.1, 0.15) is 19.0 Å². The maximum atomic E-state index is 11.2. The van der Waals surface area contributed by atoms with Crippen LogP contribution in [0.1, 0.15) is 22.3 Å². The Labute approximate surface area is 314 Å². The van der Waals surface area contributed by atoms with Crippen LogP contribution >= 0.6 is 0 Å². The number of phenolic OH excluding ortho intramolecular Hbond substituents is 8. The number of para-hydroxylation sites is 1. The number of aromatic hydroxyl groups is 8. The van der Waals surface area contributed by atoms with Gasteiger partial charge in [-0.25, -0.2) is 0 Å². The maximum Gasteiger partial charge on any atom is 0.208 e. The van der Waals surface area contributed by atoms with Crippen molar-refractivity contribution < 1.29 is 45.3 Å². The van der Waals surface area contributed by atoms with Crippen LogP contribution in [0, 0.1) is 6.92 Å². The third-order valence-electron chi connectivity index (χ3n) is 9.94. The minimum absolute atomic E-state index is 0.120. The molecule has 0 saturated carbocycles. The first-order valence-electron chi connectivity index (χ1n) is 17.1. The standard InChI is InChI=1S/C45H31BO9/c1-22-11-5-7-15-25(22)33(26-16-8-6-14-24(26)21-30-32(23-12-3-2-4-13-23)37(47)41(51)40(50)36(30)46)28-19-20-29(35-38(48)42(52)44(54)43(53)39(35)49)45-34(28)27-17-9-10-18-31(27)55-45/h2-21,47-54H,1H3/b24-21+,33-26+. The normalized spacial score (nSPS) is 12.4. The molecule has 10 heteroatoms. The monoisotopic (exact) mass is 726 g/mol. The maximum absolute atomic E-state index is 11.2. The van der Waals surface area contributed by atoms with Crippen molar-refractivity contribution in [2.75, 3.05) is 0 Å². The van der Waals surface area contributed by atoms with Gasteiger partial charge >= 0.3 is 0 Å². The summed E-state index contributed by atoms with van der Waals surface area (Å²) in [5.41, 5.74) is 4.47. The summed E-state index contributed by atoms with van der Waals surface area (Å²) in [5.74, 6) is -6.78. The van der Waals surface area contributed by atoms with E-state index in [0.29, 0.717) is 37.9 Å². The molecule has 268 valence electrons. The lowest BCUT2D eigenvalue weighted by Gasteiger charge is -2.17. The van der Waals surface area contributed by atoms with E-state index in [9.17, 15) is 40.9 Å². The minimum atomic E-state index is -1.08. The Hall–Kier alpha value is -7.46. The SMILES string of the molecule is [B]c1c(O)c(O)c(O)c(-c2ccccc2)c1/C=c1\cccc\c1=C(\c1ccccc1C)c1ccc(-c2c(O)c(O)c(O)c(O)c2O)c2oc3ccccc3c12. The molecule has 0 fully saturated rings. The Morgan fingerprint density at radius 3 is 1.85 bits per heavy atom. The van der Waals surface area contributed by atoms with Gasteiger partial charge in [-0.1, -0.05) is 103 Å². The Balaban J connectivity index is 1.56. The molecule has 0 aliphatic carbocycles. The molecule has 0 aliphatic rings. The van der Waals surface area contributed by atoms with E-state index < -0.39 is 46.0 Å². The van der Waals surface area contributed by atoms with Crippen molar-refractivity contribution in [3.63, 3.8) is 0 Å². The van der Waals surface area contributed by atoms with Crippen LogP contribution in [-0.2, 0) is 0 Å². The molecule has 7 aromatic carbocycles. The summed E-state index contributed by atoms with van der Waals surface area (Å²) in [6, 6.07) is 34.8. The lowest BCUT2D eigenvalue weighted by Crippen LogP contribution is -2.29. The fraction of sp³-hybridized carbons (Fsp3) is 0.0222. The Bertz CT molecular complexity index is 2960. The molecule has 1 heterocycles. The van der Waals surface area contributed by atoms with Gasteiger partial charge in [-0.05, 0) is 74.4 Å². The van der Waals surface area contributed by atoms with Gasteiger partial charge < -0.3 is 45.3 Å². The molecule has 0 spiro atoms. The first-order chi connectivity index (χ1) is 26.5. The summed E-state index contributed by atoms with van der Waals surface area (Å²) in [4.78, 5) is 0. The predicted molar refractivity (Wildman–Crippen MR) is 212 cm³/mol. The van der Waals surface area contributed by atoms with Crippen molar-refractivity contribution in [2.24, 2.45) is 0 Å². The fourth-order valence-corrected chi connectivity index (χ4v) is 7.26. The molecule has 0 bridgehead atoms. The van der Waals surface area contributed by atoms with Crippen LogP contribution in [0.4, 0.5) is 0 Å². The highest BCUT2D eigenvalue weighted by Crippen LogP contribution is 2.56. The average molecular weight is 727 g/mol. The highest BCUT2D eigenvalue weighted by Gasteiger charge is 2.29. The van der Waals surface area contributed by atoms with Crippen molar-refractivity contribution in [2.45, 2.75) is 6.92 Å². The van der Waals surface area contributed by atoms with E-state index in [0.717, 1.165) is 16.7 Å². The largest absolute Gasteiger partial charge is 0.505 e. The molecule has 8 N–H and O–H groups in total. The van der Waals surface area contributed by atoms with Gasteiger partial charge in [-0.15, -0.1) is 0 Å². The van der Waals surface area contributed by atoms with Crippen LogP contribution in [0.5, 0.6) is 46.0 Å². The predicted octanol–water partition coefficient (Wildman–Crippen LogP) is 6.74. The second-order valence-electron chi connectivity index (χ2n) is 13.1. The van der Waals surface area contributed by atoms with E-state index in [-0.39, 0.29) is 33.3 Å². The number of benzene rings is 7. The van der Waals surface area contributed by atoms with Crippen LogP contribution in [0.15, 0.2) is 120 Å². The summed E-state index contributed by atoms with van der Waals surface area (Å²) in [6.07, 6.45) is 1.74. The molecule has 1 aromatic heterocycles. The molecule has 9 nitrogen and oxygen atoms in total. The van der Waals surface area contributed by atoms with Crippen molar-refractivity contribution in [3.05, 3.63) is 148 Å². The Morgan fingerprint density at radius 1 is 0.545 bits per heavy atom. The van der Waals surface area contributed by atoms with E-state index in [2.05, 4.69) is 0 Å². The van der Waals surface area contributed by atoms with Gasteiger partial charge in [0.15, 0.2) is 28.7 Å². The minimum Gasteiger partial charge on any atom is -0.505 e. The zero-order valence-corrected chi connectivity index (χ0v) is 29.1. The summed E-state index contributed by atoms with van der Waals surface area (Å²) in [6.45, 7) is 1.97. The molecular formula is C45H31BO9. The molecule has 8 aromatic rings. The van der Waals surface area contributed by atoms with E-state index in [1.54, 1.807) is 54.6 Å². The van der Waals surface area contributed by atoms with Crippen molar-refractivity contribution in [1.29, 1.82) is 0 Å². The quantitative estimate of drug-likeness (QED) is 0.0543. The number of rotatable bonds is 5. The van der Waals surface area contributed by atoms with Crippen LogP contribution < -0.4 is 15.9 Å². The van der Waals surface area contributed by atoms with Gasteiger partial charge in [-0.3, -0.25) is 0 Å². The zero-order chi connectivity index (χ0) is 38.7. The van der Waals surface area contributed by atoms with E-state index in [1.807, 2.05) is 73.7 Å².